The molecule has 1 aliphatic rings. The Hall–Kier alpha value is -1.75. The van der Waals surface area contributed by atoms with Crippen molar-refractivity contribution in [3.8, 4) is 0 Å². The summed E-state index contributed by atoms with van der Waals surface area (Å²) in [5.74, 6) is -1.13. The number of halogens is 1. The lowest BCUT2D eigenvalue weighted by Gasteiger charge is -2.08. The molecule has 0 saturated carbocycles. The van der Waals surface area contributed by atoms with Crippen LogP contribution >= 0.6 is 11.6 Å². The SMILES string of the molecule is Nc1ccc(C(=O)OC2CCOC2=O)cc1Cl. The summed E-state index contributed by atoms with van der Waals surface area (Å²) < 4.78 is 9.67. The number of nitrogen functional groups attached to an aromatic ring is 1. The molecule has 1 aliphatic heterocycles. The third-order valence-corrected chi connectivity index (χ3v) is 2.70. The first kappa shape index (κ1) is 11.7. The highest BCUT2D eigenvalue weighted by atomic mass is 35.5. The zero-order valence-electron chi connectivity index (χ0n) is 8.81. The Labute approximate surface area is 102 Å². The van der Waals surface area contributed by atoms with Gasteiger partial charge in [0.15, 0.2) is 0 Å². The van der Waals surface area contributed by atoms with Crippen LogP contribution in [0.25, 0.3) is 0 Å². The molecule has 1 unspecified atom stereocenters. The summed E-state index contributed by atoms with van der Waals surface area (Å²) in [5.41, 5.74) is 6.15. The van der Waals surface area contributed by atoms with Crippen LogP contribution in [-0.4, -0.2) is 24.6 Å². The minimum Gasteiger partial charge on any atom is -0.463 e. The predicted octanol–water partition coefficient (Wildman–Crippen LogP) is 1.39. The van der Waals surface area contributed by atoms with E-state index in [2.05, 4.69) is 4.74 Å². The fourth-order valence-electron chi connectivity index (χ4n) is 1.44. The van der Waals surface area contributed by atoms with E-state index >= 15 is 0 Å². The van der Waals surface area contributed by atoms with Gasteiger partial charge in [-0.15, -0.1) is 0 Å². The molecule has 1 fully saturated rings. The van der Waals surface area contributed by atoms with Crippen LogP contribution in [-0.2, 0) is 14.3 Å². The number of nitrogens with two attached hydrogens (primary N) is 1. The molecule has 0 amide bonds. The van der Waals surface area contributed by atoms with Crippen molar-refractivity contribution in [3.05, 3.63) is 28.8 Å². The number of carbonyl (C=O) groups excluding carboxylic acids is 2. The summed E-state index contributed by atoms with van der Waals surface area (Å²) in [6.07, 6.45) is -0.438. The van der Waals surface area contributed by atoms with E-state index in [1.807, 2.05) is 0 Å². The van der Waals surface area contributed by atoms with E-state index in [0.717, 1.165) is 0 Å². The van der Waals surface area contributed by atoms with Gasteiger partial charge in [-0.25, -0.2) is 9.59 Å². The Bertz CT molecular complexity index is 475. The van der Waals surface area contributed by atoms with Crippen molar-refractivity contribution in [3.63, 3.8) is 0 Å². The largest absolute Gasteiger partial charge is 0.463 e. The van der Waals surface area contributed by atoms with Crippen molar-refractivity contribution in [1.82, 2.24) is 0 Å². The average molecular weight is 256 g/mol. The molecule has 1 atom stereocenters. The summed E-state index contributed by atoms with van der Waals surface area (Å²) >= 11 is 5.78. The molecule has 0 radical (unpaired) electrons. The van der Waals surface area contributed by atoms with Crippen molar-refractivity contribution in [1.29, 1.82) is 0 Å². The van der Waals surface area contributed by atoms with Gasteiger partial charge in [-0.2, -0.15) is 0 Å². The minimum absolute atomic E-state index is 0.254. The van der Waals surface area contributed by atoms with Crippen molar-refractivity contribution in [2.24, 2.45) is 0 Å². The molecule has 6 heteroatoms. The summed E-state index contributed by atoms with van der Waals surface area (Å²) in [6, 6.07) is 4.40. The highest BCUT2D eigenvalue weighted by Gasteiger charge is 2.30. The summed E-state index contributed by atoms with van der Waals surface area (Å²) in [7, 11) is 0. The van der Waals surface area contributed by atoms with Gasteiger partial charge < -0.3 is 15.2 Å². The smallest absolute Gasteiger partial charge is 0.347 e. The monoisotopic (exact) mass is 255 g/mol. The van der Waals surface area contributed by atoms with Gasteiger partial charge in [-0.1, -0.05) is 11.6 Å². The van der Waals surface area contributed by atoms with E-state index < -0.39 is 18.0 Å². The second kappa shape index (κ2) is 4.63. The molecule has 0 spiro atoms. The maximum absolute atomic E-state index is 11.7. The number of benzene rings is 1. The summed E-state index contributed by atoms with van der Waals surface area (Å²) in [5, 5.41) is 0.272. The highest BCUT2D eigenvalue weighted by molar-refractivity contribution is 6.33. The second-order valence-electron chi connectivity index (χ2n) is 3.59. The number of ether oxygens (including phenoxy) is 2. The molecule has 2 N–H and O–H groups in total. The molecule has 2 rings (SSSR count). The maximum atomic E-state index is 11.7. The Morgan fingerprint density at radius 2 is 2.29 bits per heavy atom. The molecule has 1 aromatic carbocycles. The van der Waals surface area contributed by atoms with Gasteiger partial charge in [0.1, 0.15) is 0 Å². The van der Waals surface area contributed by atoms with Crippen LogP contribution in [0.5, 0.6) is 0 Å². The van der Waals surface area contributed by atoms with Crippen LogP contribution in [0.4, 0.5) is 5.69 Å². The third-order valence-electron chi connectivity index (χ3n) is 2.37. The molecule has 0 aromatic heterocycles. The second-order valence-corrected chi connectivity index (χ2v) is 3.99. The summed E-state index contributed by atoms with van der Waals surface area (Å²) in [6.45, 7) is 0.277. The van der Waals surface area contributed by atoms with Crippen LogP contribution in [0.3, 0.4) is 0 Å². The van der Waals surface area contributed by atoms with Crippen molar-refractivity contribution in [2.45, 2.75) is 12.5 Å². The third kappa shape index (κ3) is 2.50. The normalized spacial score (nSPS) is 18.9. The number of rotatable bonds is 2. The molecule has 1 heterocycles. The molecule has 90 valence electrons. The minimum atomic E-state index is -0.821. The van der Waals surface area contributed by atoms with Crippen LogP contribution in [0.15, 0.2) is 18.2 Å². The standard InChI is InChI=1S/C11H10ClNO4/c12-7-5-6(1-2-8(7)13)10(14)17-9-3-4-16-11(9)15/h1-2,5,9H,3-4,13H2. The average Bonchev–Trinajstić information content (AvgIpc) is 2.68. The molecule has 5 nitrogen and oxygen atoms in total. The molecule has 17 heavy (non-hydrogen) atoms. The number of hydrogen-bond acceptors (Lipinski definition) is 5. The van der Waals surface area contributed by atoms with Gasteiger partial charge in [0.2, 0.25) is 6.10 Å². The van der Waals surface area contributed by atoms with Crippen LogP contribution < -0.4 is 5.73 Å². The number of anilines is 1. The molecule has 1 saturated heterocycles. The van der Waals surface area contributed by atoms with Gasteiger partial charge in [-0.05, 0) is 18.2 Å². The lowest BCUT2D eigenvalue weighted by atomic mass is 10.2. The number of hydrogen-bond donors (Lipinski definition) is 1. The topological polar surface area (TPSA) is 78.6 Å². The molecular formula is C11H10ClNO4. The van der Waals surface area contributed by atoms with E-state index in [-0.39, 0.29) is 17.2 Å². The van der Waals surface area contributed by atoms with Crippen LogP contribution in [0.1, 0.15) is 16.8 Å². The fraction of sp³-hybridized carbons (Fsp3) is 0.273. The van der Waals surface area contributed by atoms with E-state index in [1.54, 1.807) is 0 Å². The molecule has 0 bridgehead atoms. The maximum Gasteiger partial charge on any atom is 0.347 e. The summed E-state index contributed by atoms with van der Waals surface area (Å²) in [4.78, 5) is 22.8. The first-order chi connectivity index (χ1) is 8.08. The zero-order chi connectivity index (χ0) is 12.4. The zero-order valence-corrected chi connectivity index (χ0v) is 9.57. The van der Waals surface area contributed by atoms with Crippen LogP contribution in [0, 0.1) is 0 Å². The van der Waals surface area contributed by atoms with Crippen molar-refractivity contribution < 1.29 is 19.1 Å². The van der Waals surface area contributed by atoms with Crippen LogP contribution in [0.2, 0.25) is 5.02 Å². The predicted molar refractivity (Wildman–Crippen MR) is 60.6 cm³/mol. The van der Waals surface area contributed by atoms with E-state index in [4.69, 9.17) is 22.1 Å². The molecule has 1 aromatic rings. The van der Waals surface area contributed by atoms with E-state index in [1.165, 1.54) is 18.2 Å². The Kier molecular flexibility index (Phi) is 3.19. The number of cyclic esters (lactones) is 1. The van der Waals surface area contributed by atoms with Gasteiger partial charge in [0.25, 0.3) is 0 Å². The first-order valence-electron chi connectivity index (χ1n) is 5.00. The van der Waals surface area contributed by atoms with Crippen molar-refractivity contribution in [2.75, 3.05) is 12.3 Å². The van der Waals surface area contributed by atoms with Crippen molar-refractivity contribution >= 4 is 29.2 Å². The highest BCUT2D eigenvalue weighted by Crippen LogP contribution is 2.21. The number of esters is 2. The Morgan fingerprint density at radius 1 is 1.53 bits per heavy atom. The Balaban J connectivity index is 2.09. The lowest BCUT2D eigenvalue weighted by Crippen LogP contribution is -2.22. The van der Waals surface area contributed by atoms with Gasteiger partial charge in [0, 0.05) is 6.42 Å². The van der Waals surface area contributed by atoms with Gasteiger partial charge in [-0.3, -0.25) is 0 Å². The molecular weight excluding hydrogens is 246 g/mol. The van der Waals surface area contributed by atoms with Gasteiger partial charge >= 0.3 is 11.9 Å². The fourth-order valence-corrected chi connectivity index (χ4v) is 1.62. The quantitative estimate of drug-likeness (QED) is 0.638. The first-order valence-corrected chi connectivity index (χ1v) is 5.38. The van der Waals surface area contributed by atoms with E-state index in [9.17, 15) is 9.59 Å². The van der Waals surface area contributed by atoms with E-state index in [0.29, 0.717) is 12.1 Å². The lowest BCUT2D eigenvalue weighted by molar-refractivity contribution is -0.145. The molecule has 0 aliphatic carbocycles. The Morgan fingerprint density at radius 3 is 2.88 bits per heavy atom. The van der Waals surface area contributed by atoms with Gasteiger partial charge in [0.05, 0.1) is 22.9 Å². The number of carbonyl (C=O) groups is 2.